The number of hydrogen-bond acceptors (Lipinski definition) is 3. The number of rotatable bonds is 8. The lowest BCUT2D eigenvalue weighted by atomic mass is 9.97. The Morgan fingerprint density at radius 3 is 2.90 bits per heavy atom. The number of likely N-dealkylation sites (tertiary alicyclic amines) is 1. The van der Waals surface area contributed by atoms with Gasteiger partial charge < -0.3 is 15.0 Å². The first-order valence-corrected chi connectivity index (χ1v) is 11.7. The van der Waals surface area contributed by atoms with Gasteiger partial charge in [-0.2, -0.15) is 0 Å². The van der Waals surface area contributed by atoms with Gasteiger partial charge in [-0.05, 0) is 50.3 Å². The van der Waals surface area contributed by atoms with Crippen LogP contribution in [0.5, 0.6) is 0 Å². The summed E-state index contributed by atoms with van der Waals surface area (Å²) in [6.07, 6.45) is 9.70. The Balaban J connectivity index is 1.37. The van der Waals surface area contributed by atoms with Crippen molar-refractivity contribution in [3.63, 3.8) is 0 Å². The molecule has 4 nitrogen and oxygen atoms in total. The van der Waals surface area contributed by atoms with Gasteiger partial charge >= 0.3 is 0 Å². The molecule has 2 aliphatic carbocycles. The first kappa shape index (κ1) is 24.4. The van der Waals surface area contributed by atoms with E-state index in [-0.39, 0.29) is 24.2 Å². The molecule has 0 aromatic rings. The number of nitrogens with one attached hydrogen (secondary N) is 1. The molecular formula is C23H30Cl2F2N2O2. The van der Waals surface area contributed by atoms with Crippen molar-refractivity contribution in [2.24, 2.45) is 5.92 Å². The third-order valence-corrected chi connectivity index (χ3v) is 6.75. The molecule has 3 aliphatic rings. The van der Waals surface area contributed by atoms with E-state index >= 15 is 4.39 Å². The van der Waals surface area contributed by atoms with E-state index in [9.17, 15) is 9.18 Å². The van der Waals surface area contributed by atoms with Crippen molar-refractivity contribution in [1.29, 1.82) is 0 Å². The molecule has 1 N–H and O–H groups in total. The molecule has 0 bridgehead atoms. The fourth-order valence-electron chi connectivity index (χ4n) is 4.09. The normalized spacial score (nSPS) is 27.1. The van der Waals surface area contributed by atoms with E-state index in [1.165, 1.54) is 6.08 Å². The van der Waals surface area contributed by atoms with Gasteiger partial charge in [0, 0.05) is 49.1 Å². The van der Waals surface area contributed by atoms with E-state index in [1.54, 1.807) is 23.1 Å². The maximum atomic E-state index is 15.3. The molecule has 2 unspecified atom stereocenters. The minimum Gasteiger partial charge on any atom is -0.380 e. The van der Waals surface area contributed by atoms with Crippen molar-refractivity contribution >= 4 is 29.1 Å². The van der Waals surface area contributed by atoms with E-state index in [4.69, 9.17) is 27.9 Å². The average molecular weight is 475 g/mol. The molecule has 2 atom stereocenters. The number of nitrogens with zero attached hydrogens (tertiary/aromatic N) is 1. The Bertz CT molecular complexity index is 782. The van der Waals surface area contributed by atoms with Crippen molar-refractivity contribution in [3.8, 4) is 0 Å². The zero-order valence-corrected chi connectivity index (χ0v) is 19.2. The third kappa shape index (κ3) is 7.41. The summed E-state index contributed by atoms with van der Waals surface area (Å²) in [6.45, 7) is 2.58. The van der Waals surface area contributed by atoms with Crippen LogP contribution in [0.3, 0.4) is 0 Å². The minimum atomic E-state index is -1.35. The van der Waals surface area contributed by atoms with Gasteiger partial charge in [-0.3, -0.25) is 4.79 Å². The second kappa shape index (κ2) is 11.6. The SMILES string of the molecule is O=C(C1=CC(Cl)=C(Cl)CC1)N1CCCC(F)(CNCCOCC2C=C(F)C=CC2)CC1. The molecule has 1 heterocycles. The van der Waals surface area contributed by atoms with E-state index < -0.39 is 5.67 Å². The van der Waals surface area contributed by atoms with Crippen molar-refractivity contribution in [1.82, 2.24) is 10.2 Å². The fraction of sp³-hybridized carbons (Fsp3) is 0.609. The van der Waals surface area contributed by atoms with E-state index in [2.05, 4.69) is 5.32 Å². The monoisotopic (exact) mass is 474 g/mol. The summed E-state index contributed by atoms with van der Waals surface area (Å²) in [7, 11) is 0. The zero-order chi connectivity index (χ0) is 22.3. The largest absolute Gasteiger partial charge is 0.380 e. The van der Waals surface area contributed by atoms with Gasteiger partial charge in [0.05, 0.1) is 18.2 Å². The highest BCUT2D eigenvalue weighted by Gasteiger charge is 2.34. The van der Waals surface area contributed by atoms with Crippen LogP contribution in [0.15, 0.2) is 45.8 Å². The lowest BCUT2D eigenvalue weighted by Gasteiger charge is -2.26. The second-order valence-electron chi connectivity index (χ2n) is 8.42. The second-order valence-corrected chi connectivity index (χ2v) is 9.28. The average Bonchev–Trinajstić information content (AvgIpc) is 2.94. The smallest absolute Gasteiger partial charge is 0.249 e. The standard InChI is InChI=1S/C23H30Cl2F2N2O2/c24-20-6-5-18(14-21(20)25)22(30)29-10-2-7-23(27,8-11-29)16-28-9-12-31-15-17-3-1-4-19(26)13-17/h1,4,13-14,17,28H,2-3,5-12,15-16H2. The van der Waals surface area contributed by atoms with Crippen LogP contribution < -0.4 is 5.32 Å². The topological polar surface area (TPSA) is 41.6 Å². The zero-order valence-electron chi connectivity index (χ0n) is 17.6. The number of carbonyl (C=O) groups excluding carboxylic acids is 1. The quantitative estimate of drug-likeness (QED) is 0.494. The molecule has 1 fully saturated rings. The van der Waals surface area contributed by atoms with E-state index in [0.29, 0.717) is 80.6 Å². The van der Waals surface area contributed by atoms with Gasteiger partial charge in [-0.15, -0.1) is 0 Å². The number of alkyl halides is 1. The summed E-state index contributed by atoms with van der Waals surface area (Å²) >= 11 is 12.1. The van der Waals surface area contributed by atoms with Gasteiger partial charge in [0.25, 0.3) is 0 Å². The maximum absolute atomic E-state index is 15.3. The molecule has 0 radical (unpaired) electrons. The number of hydrogen-bond donors (Lipinski definition) is 1. The predicted octanol–water partition coefficient (Wildman–Crippen LogP) is 5.15. The lowest BCUT2D eigenvalue weighted by Crippen LogP contribution is -2.40. The van der Waals surface area contributed by atoms with Crippen LogP contribution in [0.1, 0.15) is 38.5 Å². The molecule has 1 amide bonds. The van der Waals surface area contributed by atoms with E-state index in [0.717, 1.165) is 6.42 Å². The predicted molar refractivity (Wildman–Crippen MR) is 120 cm³/mol. The summed E-state index contributed by atoms with van der Waals surface area (Å²) in [5.41, 5.74) is -0.712. The van der Waals surface area contributed by atoms with Gasteiger partial charge in [0.2, 0.25) is 5.91 Å². The molecule has 31 heavy (non-hydrogen) atoms. The van der Waals surface area contributed by atoms with Gasteiger partial charge in [0.15, 0.2) is 0 Å². The van der Waals surface area contributed by atoms with Crippen LogP contribution in [-0.2, 0) is 9.53 Å². The maximum Gasteiger partial charge on any atom is 0.249 e. The highest BCUT2D eigenvalue weighted by Crippen LogP contribution is 2.31. The highest BCUT2D eigenvalue weighted by atomic mass is 35.5. The van der Waals surface area contributed by atoms with Gasteiger partial charge in [0.1, 0.15) is 11.5 Å². The number of ether oxygens (including phenoxy) is 1. The Morgan fingerprint density at radius 2 is 2.13 bits per heavy atom. The van der Waals surface area contributed by atoms with Crippen molar-refractivity contribution in [3.05, 3.63) is 45.8 Å². The summed E-state index contributed by atoms with van der Waals surface area (Å²) in [4.78, 5) is 14.5. The Morgan fingerprint density at radius 1 is 1.29 bits per heavy atom. The molecule has 172 valence electrons. The molecule has 1 aliphatic heterocycles. The highest BCUT2D eigenvalue weighted by molar-refractivity contribution is 6.40. The van der Waals surface area contributed by atoms with Crippen molar-refractivity contribution in [2.45, 2.75) is 44.2 Å². The van der Waals surface area contributed by atoms with Crippen LogP contribution in [0.4, 0.5) is 8.78 Å². The summed E-state index contributed by atoms with van der Waals surface area (Å²) in [5.74, 6) is -0.235. The first-order valence-electron chi connectivity index (χ1n) is 10.9. The molecule has 0 aromatic heterocycles. The Labute approximate surface area is 193 Å². The van der Waals surface area contributed by atoms with Crippen molar-refractivity contribution < 1.29 is 18.3 Å². The Kier molecular flexibility index (Phi) is 9.14. The Hall–Kier alpha value is -1.21. The molecule has 0 saturated carbocycles. The van der Waals surface area contributed by atoms with Crippen LogP contribution >= 0.6 is 23.2 Å². The van der Waals surface area contributed by atoms with Crippen LogP contribution in [0, 0.1) is 5.92 Å². The third-order valence-electron chi connectivity index (χ3n) is 5.93. The number of halogens is 4. The molecule has 1 saturated heterocycles. The summed E-state index contributed by atoms with van der Waals surface area (Å²) in [6, 6.07) is 0. The fourth-order valence-corrected chi connectivity index (χ4v) is 4.46. The molecular weight excluding hydrogens is 445 g/mol. The lowest BCUT2D eigenvalue weighted by molar-refractivity contribution is -0.127. The first-order chi connectivity index (χ1) is 14.9. The minimum absolute atomic E-state index is 0.0589. The number of carbonyl (C=O) groups is 1. The molecule has 3 rings (SSSR count). The van der Waals surface area contributed by atoms with E-state index in [1.807, 2.05) is 0 Å². The molecule has 0 aromatic carbocycles. The number of allylic oxidation sites excluding steroid dienone is 6. The van der Waals surface area contributed by atoms with Gasteiger partial charge in [-0.1, -0.05) is 29.3 Å². The number of amides is 1. The summed E-state index contributed by atoms with van der Waals surface area (Å²) in [5, 5.41) is 4.12. The van der Waals surface area contributed by atoms with Crippen LogP contribution in [-0.4, -0.2) is 55.9 Å². The molecule has 0 spiro atoms. The molecule has 8 heteroatoms. The van der Waals surface area contributed by atoms with Crippen LogP contribution in [0.25, 0.3) is 0 Å². The summed E-state index contributed by atoms with van der Waals surface area (Å²) < 4.78 is 34.1. The van der Waals surface area contributed by atoms with Crippen molar-refractivity contribution in [2.75, 3.05) is 39.4 Å². The van der Waals surface area contributed by atoms with Crippen LogP contribution in [0.2, 0.25) is 0 Å². The van der Waals surface area contributed by atoms with Gasteiger partial charge in [-0.25, -0.2) is 8.78 Å².